The molecule has 1 atom stereocenters. The van der Waals surface area contributed by atoms with Crippen LogP contribution in [0.3, 0.4) is 0 Å². The van der Waals surface area contributed by atoms with Gasteiger partial charge in [0, 0.05) is 17.9 Å². The van der Waals surface area contributed by atoms with E-state index in [4.69, 9.17) is 0 Å². The first kappa shape index (κ1) is 28.6. The Morgan fingerprint density at radius 1 is 1.00 bits per heavy atom. The summed E-state index contributed by atoms with van der Waals surface area (Å²) in [6, 6.07) is 0. The summed E-state index contributed by atoms with van der Waals surface area (Å²) in [7, 11) is 0. The smallest absolute Gasteiger partial charge is 0.550 e. The molecule has 0 aromatic carbocycles. The molecule has 0 amide bonds. The Hall–Kier alpha value is -0.492. The van der Waals surface area contributed by atoms with E-state index in [0.717, 1.165) is 32.5 Å². The van der Waals surface area contributed by atoms with Crippen molar-refractivity contribution < 1.29 is 40.9 Å². The standard InChI is InChI=1S/C13H25NO4.2H3N.Pt/c1-3-7-14(8-4-2)9-5-6-11(13(17)18)10-12(15)16;;;/h11H,3-10H2,1-2H3,(H,15,16)(H,17,18);2*1H3;/q;;;+2/p-2. The molecular formula is C13H29N3O4Pt. The summed E-state index contributed by atoms with van der Waals surface area (Å²) in [6.07, 6.45) is 2.67. The summed E-state index contributed by atoms with van der Waals surface area (Å²) in [4.78, 5) is 23.4. The second-order valence-electron chi connectivity index (χ2n) is 4.58. The SMILES string of the molecule is CCCN(CCC)CCCC(CC(=O)[O-])C(=O)[O-].N.N.[Pt+2]. The first-order valence-corrected chi connectivity index (χ1v) is 6.64. The van der Waals surface area contributed by atoms with Gasteiger partial charge < -0.3 is 37.0 Å². The van der Waals surface area contributed by atoms with Crippen molar-refractivity contribution in [2.24, 2.45) is 5.92 Å². The third kappa shape index (κ3) is 15.7. The normalized spacial score (nSPS) is 10.8. The van der Waals surface area contributed by atoms with Crippen molar-refractivity contribution in [2.75, 3.05) is 19.6 Å². The van der Waals surface area contributed by atoms with E-state index in [2.05, 4.69) is 18.7 Å². The Morgan fingerprint density at radius 3 is 1.81 bits per heavy atom. The Balaban J connectivity index is -0.000000482. The molecule has 0 aromatic heterocycles. The Kier molecular flexibility index (Phi) is 23.9. The summed E-state index contributed by atoms with van der Waals surface area (Å²) in [5.41, 5.74) is 0. The number of carbonyl (C=O) groups excluding carboxylic acids is 2. The number of carbonyl (C=O) groups is 2. The topological polar surface area (TPSA) is 154 Å². The molecular weight excluding hydrogens is 457 g/mol. The molecule has 21 heavy (non-hydrogen) atoms. The Labute approximate surface area is 141 Å². The van der Waals surface area contributed by atoms with Crippen LogP contribution in [0.2, 0.25) is 0 Å². The van der Waals surface area contributed by atoms with Gasteiger partial charge in [0.2, 0.25) is 0 Å². The molecule has 7 nitrogen and oxygen atoms in total. The maximum absolute atomic E-state index is 10.7. The van der Waals surface area contributed by atoms with Crippen molar-refractivity contribution in [3.8, 4) is 0 Å². The predicted molar refractivity (Wildman–Crippen MR) is 74.4 cm³/mol. The zero-order valence-corrected chi connectivity index (χ0v) is 15.3. The van der Waals surface area contributed by atoms with Crippen LogP contribution < -0.4 is 22.5 Å². The summed E-state index contributed by atoms with van der Waals surface area (Å²) in [5.74, 6) is -3.56. The fraction of sp³-hybridized carbons (Fsp3) is 0.846. The predicted octanol–water partition coefficient (Wildman–Crippen LogP) is -0.284. The van der Waals surface area contributed by atoms with Gasteiger partial charge in [0.25, 0.3) is 0 Å². The number of rotatable bonds is 11. The first-order chi connectivity index (χ1) is 8.51. The van der Waals surface area contributed by atoms with Gasteiger partial charge in [0.05, 0.1) is 0 Å². The van der Waals surface area contributed by atoms with E-state index >= 15 is 0 Å². The minimum atomic E-state index is -1.33. The zero-order valence-electron chi connectivity index (χ0n) is 13.0. The molecule has 0 radical (unpaired) electrons. The van der Waals surface area contributed by atoms with Gasteiger partial charge in [-0.05, 0) is 51.7 Å². The number of carboxylic acids is 2. The van der Waals surface area contributed by atoms with Gasteiger partial charge in [-0.25, -0.2) is 0 Å². The number of aliphatic carboxylic acids is 2. The van der Waals surface area contributed by atoms with E-state index in [9.17, 15) is 19.8 Å². The third-order valence-corrected chi connectivity index (χ3v) is 2.85. The quantitative estimate of drug-likeness (QED) is 0.407. The maximum atomic E-state index is 10.7. The fourth-order valence-corrected chi connectivity index (χ4v) is 2.03. The average Bonchev–Trinajstić information content (AvgIpc) is 2.27. The molecule has 0 saturated heterocycles. The Bertz CT molecular complexity index is 262. The Morgan fingerprint density at radius 2 is 1.48 bits per heavy atom. The second kappa shape index (κ2) is 17.6. The molecule has 0 aliphatic rings. The van der Waals surface area contributed by atoms with Crippen LogP contribution in [0, 0.1) is 5.92 Å². The monoisotopic (exact) mass is 486 g/mol. The van der Waals surface area contributed by atoms with Crippen LogP contribution >= 0.6 is 0 Å². The van der Waals surface area contributed by atoms with E-state index < -0.39 is 24.3 Å². The van der Waals surface area contributed by atoms with Crippen LogP contribution in [-0.4, -0.2) is 36.5 Å². The van der Waals surface area contributed by atoms with E-state index in [1.807, 2.05) is 0 Å². The molecule has 0 heterocycles. The van der Waals surface area contributed by atoms with Crippen molar-refractivity contribution in [3.63, 3.8) is 0 Å². The van der Waals surface area contributed by atoms with Crippen LogP contribution in [0.15, 0.2) is 0 Å². The van der Waals surface area contributed by atoms with Gasteiger partial charge >= 0.3 is 21.1 Å². The molecule has 0 aliphatic heterocycles. The third-order valence-electron chi connectivity index (χ3n) is 2.85. The number of carboxylic acid groups (broad SMARTS) is 2. The summed E-state index contributed by atoms with van der Waals surface area (Å²) >= 11 is 0. The van der Waals surface area contributed by atoms with Gasteiger partial charge in [0.1, 0.15) is 0 Å². The minimum absolute atomic E-state index is 0. The average molecular weight is 486 g/mol. The molecule has 0 fully saturated rings. The zero-order chi connectivity index (χ0) is 14.0. The van der Waals surface area contributed by atoms with Crippen LogP contribution in [0.25, 0.3) is 0 Å². The number of hydrogen-bond donors (Lipinski definition) is 2. The molecule has 8 heteroatoms. The van der Waals surface area contributed by atoms with E-state index in [1.54, 1.807) is 0 Å². The van der Waals surface area contributed by atoms with Crippen LogP contribution in [-0.2, 0) is 30.7 Å². The molecule has 0 spiro atoms. The van der Waals surface area contributed by atoms with Crippen LogP contribution in [0.5, 0.6) is 0 Å². The van der Waals surface area contributed by atoms with Crippen molar-refractivity contribution in [3.05, 3.63) is 0 Å². The molecule has 0 aliphatic carbocycles. The molecule has 6 N–H and O–H groups in total. The van der Waals surface area contributed by atoms with Crippen LogP contribution in [0.1, 0.15) is 46.0 Å². The summed E-state index contributed by atoms with van der Waals surface area (Å²) in [5, 5.41) is 21.1. The van der Waals surface area contributed by atoms with Gasteiger partial charge in [-0.2, -0.15) is 0 Å². The molecule has 1 unspecified atom stereocenters. The summed E-state index contributed by atoms with van der Waals surface area (Å²) in [6.45, 7) is 6.98. The van der Waals surface area contributed by atoms with E-state index in [0.29, 0.717) is 12.8 Å². The molecule has 0 saturated carbocycles. The van der Waals surface area contributed by atoms with Crippen molar-refractivity contribution in [1.29, 1.82) is 0 Å². The number of hydrogen-bond acceptors (Lipinski definition) is 7. The van der Waals surface area contributed by atoms with Gasteiger partial charge in [-0.1, -0.05) is 13.8 Å². The largest absolute Gasteiger partial charge is 2.00 e. The summed E-state index contributed by atoms with van der Waals surface area (Å²) < 4.78 is 0. The van der Waals surface area contributed by atoms with Gasteiger partial charge in [-0.3, -0.25) is 0 Å². The van der Waals surface area contributed by atoms with Crippen molar-refractivity contribution >= 4 is 11.9 Å². The molecule has 0 bridgehead atoms. The van der Waals surface area contributed by atoms with E-state index in [-0.39, 0.29) is 33.4 Å². The maximum Gasteiger partial charge on any atom is 2.00 e. The van der Waals surface area contributed by atoms with Gasteiger partial charge in [0.15, 0.2) is 0 Å². The molecule has 0 rings (SSSR count). The van der Waals surface area contributed by atoms with Crippen LogP contribution in [0.4, 0.5) is 0 Å². The first-order valence-electron chi connectivity index (χ1n) is 6.64. The van der Waals surface area contributed by atoms with Crippen molar-refractivity contribution in [1.82, 2.24) is 17.2 Å². The number of nitrogens with zero attached hydrogens (tertiary/aromatic N) is 1. The van der Waals surface area contributed by atoms with E-state index in [1.165, 1.54) is 0 Å². The molecule has 130 valence electrons. The van der Waals surface area contributed by atoms with Gasteiger partial charge in [-0.15, -0.1) is 0 Å². The second-order valence-corrected chi connectivity index (χ2v) is 4.58. The van der Waals surface area contributed by atoms with Crippen molar-refractivity contribution in [2.45, 2.75) is 46.0 Å². The fourth-order valence-electron chi connectivity index (χ4n) is 2.03. The molecule has 0 aromatic rings. The minimum Gasteiger partial charge on any atom is -0.550 e.